The van der Waals surface area contributed by atoms with Crippen LogP contribution in [0.2, 0.25) is 0 Å². The van der Waals surface area contributed by atoms with Gasteiger partial charge in [-0.25, -0.2) is 4.79 Å². The molecule has 1 aromatic carbocycles. The van der Waals surface area contributed by atoms with Crippen LogP contribution < -0.4 is 0 Å². The van der Waals surface area contributed by atoms with Gasteiger partial charge in [0.15, 0.2) is 10.5 Å². The van der Waals surface area contributed by atoms with Crippen LogP contribution in [-0.2, 0) is 4.74 Å². The van der Waals surface area contributed by atoms with Crippen molar-refractivity contribution in [1.82, 2.24) is 0 Å². The van der Waals surface area contributed by atoms with Crippen molar-refractivity contribution in [2.24, 2.45) is 5.92 Å². The van der Waals surface area contributed by atoms with Crippen LogP contribution >= 0.6 is 0 Å². The van der Waals surface area contributed by atoms with Gasteiger partial charge in [-0.3, -0.25) is 0 Å². The van der Waals surface area contributed by atoms with Crippen LogP contribution in [-0.4, -0.2) is 12.6 Å². The Morgan fingerprint density at radius 2 is 2.31 bits per heavy atom. The summed E-state index contributed by atoms with van der Waals surface area (Å²) in [5.74, 6) is -0.399. The van der Waals surface area contributed by atoms with Crippen molar-refractivity contribution in [3.05, 3.63) is 47.5 Å². The Labute approximate surface area is 94.2 Å². The minimum absolute atomic E-state index is 0.0992. The standard InChI is InChI=1S/C12H13N2O2/c1-3-9(2)8-16-12(15)10-6-4-5-7-11(10)14-13/h3-7,9H,1,8H2,2H3/q+1. The van der Waals surface area contributed by atoms with Crippen molar-refractivity contribution >= 4 is 11.7 Å². The number of carbonyl (C=O) groups is 1. The molecule has 1 rings (SSSR count). The van der Waals surface area contributed by atoms with Gasteiger partial charge in [0.25, 0.3) is 0 Å². The molecule has 0 saturated heterocycles. The summed E-state index contributed by atoms with van der Waals surface area (Å²) in [5, 5.41) is 8.69. The normalized spacial score (nSPS) is 11.2. The van der Waals surface area contributed by atoms with Gasteiger partial charge in [0.2, 0.25) is 5.39 Å². The van der Waals surface area contributed by atoms with Gasteiger partial charge in [0.05, 0.1) is 6.61 Å². The molecule has 1 unspecified atom stereocenters. The number of hydrogen-bond acceptors (Lipinski definition) is 3. The second kappa shape index (κ2) is 5.66. The monoisotopic (exact) mass is 217 g/mol. The lowest BCUT2D eigenvalue weighted by atomic mass is 10.2. The predicted octanol–water partition coefficient (Wildman–Crippen LogP) is 3.15. The Hall–Kier alpha value is -2.15. The molecule has 0 amide bonds. The third-order valence-electron chi connectivity index (χ3n) is 2.11. The maximum atomic E-state index is 11.6. The molecule has 16 heavy (non-hydrogen) atoms. The number of rotatable bonds is 4. The highest BCUT2D eigenvalue weighted by Gasteiger charge is 2.20. The van der Waals surface area contributed by atoms with Crippen LogP contribution in [0, 0.1) is 11.3 Å². The summed E-state index contributed by atoms with van der Waals surface area (Å²) in [6, 6.07) is 6.45. The van der Waals surface area contributed by atoms with Crippen molar-refractivity contribution in [2.75, 3.05) is 6.61 Å². The molecule has 0 spiro atoms. The van der Waals surface area contributed by atoms with Gasteiger partial charge in [-0.05, 0) is 6.07 Å². The number of benzene rings is 1. The number of ether oxygens (including phenoxy) is 1. The molecule has 1 atom stereocenters. The molecule has 0 aromatic heterocycles. The van der Waals surface area contributed by atoms with Gasteiger partial charge < -0.3 is 4.74 Å². The summed E-state index contributed by atoms with van der Waals surface area (Å²) in [4.78, 5) is 14.6. The van der Waals surface area contributed by atoms with Crippen molar-refractivity contribution in [1.29, 1.82) is 5.39 Å². The highest BCUT2D eigenvalue weighted by atomic mass is 16.5. The van der Waals surface area contributed by atoms with Gasteiger partial charge in [0, 0.05) is 12.0 Å². The first kappa shape index (κ1) is 11.9. The first-order valence-corrected chi connectivity index (χ1v) is 4.93. The third kappa shape index (κ3) is 2.92. The first-order chi connectivity index (χ1) is 7.69. The Morgan fingerprint density at radius 3 is 2.94 bits per heavy atom. The number of nitrogens with zero attached hydrogens (tertiary/aromatic N) is 2. The van der Waals surface area contributed by atoms with Crippen LogP contribution in [0.4, 0.5) is 5.69 Å². The summed E-state index contributed by atoms with van der Waals surface area (Å²) in [5.41, 5.74) is 0.458. The van der Waals surface area contributed by atoms with Gasteiger partial charge in [-0.1, -0.05) is 25.1 Å². The fourth-order valence-electron chi connectivity index (χ4n) is 1.09. The SMILES string of the molecule is C=CC(C)COC(=O)c1ccccc1[N+]#N. The lowest BCUT2D eigenvalue weighted by molar-refractivity contribution is 0.0474. The molecule has 1 aromatic rings. The Morgan fingerprint density at radius 1 is 1.62 bits per heavy atom. The molecule has 4 nitrogen and oxygen atoms in total. The summed E-state index contributed by atoms with van der Waals surface area (Å²) in [7, 11) is 0. The zero-order valence-electron chi connectivity index (χ0n) is 9.09. The molecule has 4 heteroatoms. The summed E-state index contributed by atoms with van der Waals surface area (Å²) < 4.78 is 5.04. The van der Waals surface area contributed by atoms with E-state index in [1.807, 2.05) is 6.92 Å². The molecule has 0 heterocycles. The van der Waals surface area contributed by atoms with Crippen LogP contribution in [0.15, 0.2) is 36.9 Å². The van der Waals surface area contributed by atoms with E-state index in [9.17, 15) is 4.79 Å². The van der Waals surface area contributed by atoms with E-state index in [0.717, 1.165) is 0 Å². The Bertz CT molecular complexity index is 435. The van der Waals surface area contributed by atoms with E-state index >= 15 is 0 Å². The van der Waals surface area contributed by atoms with E-state index in [4.69, 9.17) is 10.1 Å². The highest BCUT2D eigenvalue weighted by Crippen LogP contribution is 2.19. The quantitative estimate of drug-likeness (QED) is 0.442. The summed E-state index contributed by atoms with van der Waals surface area (Å²) >= 11 is 0. The molecule has 0 radical (unpaired) electrons. The van der Waals surface area contributed by atoms with Gasteiger partial charge >= 0.3 is 11.7 Å². The predicted molar refractivity (Wildman–Crippen MR) is 60.8 cm³/mol. The smallest absolute Gasteiger partial charge is 0.399 e. The van der Waals surface area contributed by atoms with E-state index in [-0.39, 0.29) is 23.8 Å². The second-order valence-electron chi connectivity index (χ2n) is 3.43. The largest absolute Gasteiger partial charge is 0.461 e. The first-order valence-electron chi connectivity index (χ1n) is 4.93. The Kier molecular flexibility index (Phi) is 4.22. The van der Waals surface area contributed by atoms with Gasteiger partial charge in [-0.2, -0.15) is 0 Å². The molecular formula is C12H13N2O2+. The molecule has 0 aliphatic carbocycles. The molecule has 0 saturated carbocycles. The maximum Gasteiger partial charge on any atom is 0.399 e. The summed E-state index contributed by atoms with van der Waals surface area (Å²) in [6.07, 6.45) is 1.70. The van der Waals surface area contributed by atoms with Crippen LogP contribution in [0.1, 0.15) is 17.3 Å². The average molecular weight is 217 g/mol. The minimum Gasteiger partial charge on any atom is -0.461 e. The van der Waals surface area contributed by atoms with E-state index in [1.54, 1.807) is 24.3 Å². The van der Waals surface area contributed by atoms with Gasteiger partial charge in [0.1, 0.15) is 0 Å². The van der Waals surface area contributed by atoms with Crippen LogP contribution in [0.5, 0.6) is 0 Å². The molecular weight excluding hydrogens is 204 g/mol. The summed E-state index contributed by atoms with van der Waals surface area (Å²) in [6.45, 7) is 5.75. The molecule has 0 N–H and O–H groups in total. The Balaban J connectivity index is 2.74. The third-order valence-corrected chi connectivity index (χ3v) is 2.11. The highest BCUT2D eigenvalue weighted by molar-refractivity contribution is 5.95. The minimum atomic E-state index is -0.498. The van der Waals surface area contributed by atoms with E-state index < -0.39 is 5.97 Å². The zero-order valence-corrected chi connectivity index (χ0v) is 9.09. The van der Waals surface area contributed by atoms with Crippen LogP contribution in [0.25, 0.3) is 4.98 Å². The van der Waals surface area contributed by atoms with Gasteiger partial charge in [-0.15, -0.1) is 6.58 Å². The molecule has 0 bridgehead atoms. The maximum absolute atomic E-state index is 11.6. The van der Waals surface area contributed by atoms with Crippen molar-refractivity contribution in [3.63, 3.8) is 0 Å². The topological polar surface area (TPSA) is 54.5 Å². The number of esters is 1. The van der Waals surface area contributed by atoms with Crippen molar-refractivity contribution < 1.29 is 9.53 Å². The van der Waals surface area contributed by atoms with Crippen molar-refractivity contribution in [2.45, 2.75) is 6.92 Å². The lowest BCUT2D eigenvalue weighted by Gasteiger charge is -2.06. The zero-order chi connectivity index (χ0) is 12.0. The van der Waals surface area contributed by atoms with E-state index in [2.05, 4.69) is 11.6 Å². The van der Waals surface area contributed by atoms with E-state index in [1.165, 1.54) is 6.07 Å². The fourth-order valence-corrected chi connectivity index (χ4v) is 1.09. The molecule has 0 fully saturated rings. The van der Waals surface area contributed by atoms with Crippen molar-refractivity contribution in [3.8, 4) is 0 Å². The van der Waals surface area contributed by atoms with Crippen LogP contribution in [0.3, 0.4) is 0 Å². The fraction of sp³-hybridized carbons (Fsp3) is 0.250. The van der Waals surface area contributed by atoms with E-state index in [0.29, 0.717) is 0 Å². The second-order valence-corrected chi connectivity index (χ2v) is 3.43. The number of carbonyl (C=O) groups excluding carboxylic acids is 1. The number of hydrogen-bond donors (Lipinski definition) is 0. The lowest BCUT2D eigenvalue weighted by Crippen LogP contribution is -2.10. The molecule has 0 aliphatic rings. The number of diazo groups is 1. The molecule has 82 valence electrons. The average Bonchev–Trinajstić information content (AvgIpc) is 2.35. The molecule has 0 aliphatic heterocycles.